The average Bonchev–Trinajstić information content (AvgIpc) is 2.82. The zero-order valence-electron chi connectivity index (χ0n) is 13.3. The smallest absolute Gasteiger partial charge is 0.237 e. The number of likely N-dealkylation sites (N-methyl/N-ethyl adjacent to an activating group) is 1. The van der Waals surface area contributed by atoms with Gasteiger partial charge in [0.2, 0.25) is 5.91 Å². The molecule has 2 rings (SSSR count). The third-order valence-corrected chi connectivity index (χ3v) is 4.21. The standard InChI is InChI=1S/C16H25N3O2/c1-10-6-15(21-4)11(2)5-12(10)8-19-9-13(17)7-14(19)16(20)18-3/h5-6,13-14H,7-9,17H2,1-4H3,(H,18,20)/t13-,14+/m1/s1. The molecule has 1 fully saturated rings. The third-order valence-electron chi connectivity index (χ3n) is 4.21. The second-order valence-corrected chi connectivity index (χ2v) is 5.80. The summed E-state index contributed by atoms with van der Waals surface area (Å²) in [6, 6.07) is 4.12. The Labute approximate surface area is 126 Å². The highest BCUT2D eigenvalue weighted by molar-refractivity contribution is 5.81. The van der Waals surface area contributed by atoms with Gasteiger partial charge in [-0.1, -0.05) is 6.07 Å². The van der Waals surface area contributed by atoms with Crippen LogP contribution in [0.4, 0.5) is 0 Å². The Kier molecular flexibility index (Phi) is 4.85. The molecule has 0 aromatic heterocycles. The van der Waals surface area contributed by atoms with Crippen LogP contribution in [0, 0.1) is 13.8 Å². The van der Waals surface area contributed by atoms with Gasteiger partial charge in [0.15, 0.2) is 0 Å². The van der Waals surface area contributed by atoms with Crippen molar-refractivity contribution in [2.75, 3.05) is 20.7 Å². The number of likely N-dealkylation sites (tertiary alicyclic amines) is 1. The Bertz CT molecular complexity index is 530. The fourth-order valence-electron chi connectivity index (χ4n) is 3.01. The van der Waals surface area contributed by atoms with Gasteiger partial charge in [-0.3, -0.25) is 9.69 Å². The molecule has 21 heavy (non-hydrogen) atoms. The molecule has 1 saturated heterocycles. The van der Waals surface area contributed by atoms with E-state index in [2.05, 4.69) is 29.3 Å². The predicted molar refractivity (Wildman–Crippen MR) is 83.3 cm³/mol. The number of benzene rings is 1. The molecule has 1 aromatic carbocycles. The van der Waals surface area contributed by atoms with Crippen LogP contribution in [0.25, 0.3) is 0 Å². The second-order valence-electron chi connectivity index (χ2n) is 5.80. The topological polar surface area (TPSA) is 67.6 Å². The van der Waals surface area contributed by atoms with Gasteiger partial charge in [0.1, 0.15) is 5.75 Å². The molecule has 0 spiro atoms. The van der Waals surface area contributed by atoms with E-state index in [0.717, 1.165) is 24.4 Å². The number of rotatable bonds is 4. The van der Waals surface area contributed by atoms with Gasteiger partial charge in [0.05, 0.1) is 13.2 Å². The molecule has 0 unspecified atom stereocenters. The molecule has 116 valence electrons. The minimum Gasteiger partial charge on any atom is -0.496 e. The monoisotopic (exact) mass is 291 g/mol. The lowest BCUT2D eigenvalue weighted by atomic mass is 10.0. The number of amides is 1. The molecule has 1 heterocycles. The molecule has 1 aliphatic heterocycles. The quantitative estimate of drug-likeness (QED) is 0.867. The van der Waals surface area contributed by atoms with E-state index < -0.39 is 0 Å². The van der Waals surface area contributed by atoms with E-state index in [9.17, 15) is 4.79 Å². The molecular formula is C16H25N3O2. The maximum Gasteiger partial charge on any atom is 0.237 e. The first kappa shape index (κ1) is 15.8. The summed E-state index contributed by atoms with van der Waals surface area (Å²) in [7, 11) is 3.36. The summed E-state index contributed by atoms with van der Waals surface area (Å²) >= 11 is 0. The molecule has 0 aliphatic carbocycles. The lowest BCUT2D eigenvalue weighted by Gasteiger charge is -2.24. The number of aryl methyl sites for hydroxylation is 2. The van der Waals surface area contributed by atoms with E-state index in [-0.39, 0.29) is 18.0 Å². The summed E-state index contributed by atoms with van der Waals surface area (Å²) < 4.78 is 5.35. The van der Waals surface area contributed by atoms with Crippen LogP contribution in [0.3, 0.4) is 0 Å². The van der Waals surface area contributed by atoms with Crippen molar-refractivity contribution in [3.63, 3.8) is 0 Å². The maximum atomic E-state index is 12.0. The third kappa shape index (κ3) is 3.36. The number of methoxy groups -OCH3 is 1. The number of nitrogens with zero attached hydrogens (tertiary/aromatic N) is 1. The molecule has 5 nitrogen and oxygen atoms in total. The van der Waals surface area contributed by atoms with Crippen LogP contribution in [-0.2, 0) is 11.3 Å². The summed E-state index contributed by atoms with van der Waals surface area (Å²) in [5.41, 5.74) is 9.54. The Hall–Kier alpha value is -1.59. The molecule has 0 saturated carbocycles. The first-order valence-electron chi connectivity index (χ1n) is 7.31. The number of nitrogens with two attached hydrogens (primary N) is 1. The number of hydrogen-bond donors (Lipinski definition) is 2. The van der Waals surface area contributed by atoms with Gasteiger partial charge in [-0.25, -0.2) is 0 Å². The summed E-state index contributed by atoms with van der Waals surface area (Å²) in [5.74, 6) is 0.947. The van der Waals surface area contributed by atoms with Crippen LogP contribution in [0.1, 0.15) is 23.1 Å². The summed E-state index contributed by atoms with van der Waals surface area (Å²) in [6.07, 6.45) is 0.716. The van der Waals surface area contributed by atoms with Crippen LogP contribution in [0.15, 0.2) is 12.1 Å². The number of nitrogens with one attached hydrogen (secondary N) is 1. The second kappa shape index (κ2) is 6.45. The van der Waals surface area contributed by atoms with Gasteiger partial charge >= 0.3 is 0 Å². The van der Waals surface area contributed by atoms with Crippen molar-refractivity contribution in [2.45, 2.75) is 38.9 Å². The minimum atomic E-state index is -0.133. The van der Waals surface area contributed by atoms with Crippen molar-refractivity contribution in [3.05, 3.63) is 28.8 Å². The lowest BCUT2D eigenvalue weighted by Crippen LogP contribution is -2.41. The van der Waals surface area contributed by atoms with Gasteiger partial charge in [0, 0.05) is 26.2 Å². The van der Waals surface area contributed by atoms with Gasteiger partial charge < -0.3 is 15.8 Å². The zero-order chi connectivity index (χ0) is 15.6. The van der Waals surface area contributed by atoms with Gasteiger partial charge in [-0.05, 0) is 43.0 Å². The van der Waals surface area contributed by atoms with Crippen molar-refractivity contribution in [3.8, 4) is 5.75 Å². The van der Waals surface area contributed by atoms with Gasteiger partial charge in [-0.2, -0.15) is 0 Å². The molecule has 1 aliphatic rings. The highest BCUT2D eigenvalue weighted by Crippen LogP contribution is 2.26. The molecule has 0 radical (unpaired) electrons. The number of carbonyl (C=O) groups excluding carboxylic acids is 1. The highest BCUT2D eigenvalue weighted by Gasteiger charge is 2.34. The van der Waals surface area contributed by atoms with Crippen molar-refractivity contribution >= 4 is 5.91 Å². The van der Waals surface area contributed by atoms with E-state index in [1.807, 2.05) is 6.92 Å². The van der Waals surface area contributed by atoms with Gasteiger partial charge in [0.25, 0.3) is 0 Å². The van der Waals surface area contributed by atoms with E-state index in [0.29, 0.717) is 6.42 Å². The first-order chi connectivity index (χ1) is 9.96. The molecular weight excluding hydrogens is 266 g/mol. The van der Waals surface area contributed by atoms with Crippen LogP contribution in [-0.4, -0.2) is 43.6 Å². The SMILES string of the molecule is CNC(=O)[C@@H]1C[C@@H](N)CN1Cc1cc(C)c(OC)cc1C. The number of carbonyl (C=O) groups is 1. The Morgan fingerprint density at radius 3 is 2.76 bits per heavy atom. The Balaban J connectivity index is 2.20. The van der Waals surface area contributed by atoms with Crippen LogP contribution in [0.5, 0.6) is 5.75 Å². The first-order valence-corrected chi connectivity index (χ1v) is 7.31. The van der Waals surface area contributed by atoms with E-state index in [1.165, 1.54) is 11.1 Å². The van der Waals surface area contributed by atoms with Crippen molar-refractivity contribution < 1.29 is 9.53 Å². The summed E-state index contributed by atoms with van der Waals surface area (Å²) in [6.45, 7) is 5.60. The lowest BCUT2D eigenvalue weighted by molar-refractivity contribution is -0.125. The van der Waals surface area contributed by atoms with E-state index in [4.69, 9.17) is 10.5 Å². The van der Waals surface area contributed by atoms with Crippen LogP contribution >= 0.6 is 0 Å². The van der Waals surface area contributed by atoms with Crippen molar-refractivity contribution in [2.24, 2.45) is 5.73 Å². The molecule has 1 amide bonds. The fraction of sp³-hybridized carbons (Fsp3) is 0.562. The van der Waals surface area contributed by atoms with Crippen molar-refractivity contribution in [1.82, 2.24) is 10.2 Å². The largest absolute Gasteiger partial charge is 0.496 e. The normalized spacial score (nSPS) is 22.3. The molecule has 1 aromatic rings. The van der Waals surface area contributed by atoms with E-state index >= 15 is 0 Å². The number of ether oxygens (including phenoxy) is 1. The van der Waals surface area contributed by atoms with Gasteiger partial charge in [-0.15, -0.1) is 0 Å². The van der Waals surface area contributed by atoms with Crippen LogP contribution < -0.4 is 15.8 Å². The van der Waals surface area contributed by atoms with E-state index in [1.54, 1.807) is 14.2 Å². The summed E-state index contributed by atoms with van der Waals surface area (Å²) in [4.78, 5) is 14.1. The predicted octanol–water partition coefficient (Wildman–Crippen LogP) is 0.960. The maximum absolute atomic E-state index is 12.0. The highest BCUT2D eigenvalue weighted by atomic mass is 16.5. The number of hydrogen-bond acceptors (Lipinski definition) is 4. The Morgan fingerprint density at radius 2 is 2.14 bits per heavy atom. The summed E-state index contributed by atoms with van der Waals surface area (Å²) in [5, 5.41) is 2.73. The zero-order valence-corrected chi connectivity index (χ0v) is 13.3. The fourth-order valence-corrected chi connectivity index (χ4v) is 3.01. The van der Waals surface area contributed by atoms with Crippen molar-refractivity contribution in [1.29, 1.82) is 0 Å². The minimum absolute atomic E-state index is 0.0471. The molecule has 3 N–H and O–H groups in total. The Morgan fingerprint density at radius 1 is 1.43 bits per heavy atom. The molecule has 2 atom stereocenters. The molecule has 0 bridgehead atoms. The average molecular weight is 291 g/mol. The molecule has 5 heteroatoms. The van der Waals surface area contributed by atoms with Crippen LogP contribution in [0.2, 0.25) is 0 Å².